The third-order valence-corrected chi connectivity index (χ3v) is 4.74. The topological polar surface area (TPSA) is 198 Å². The first-order chi connectivity index (χ1) is 11.9. The van der Waals surface area contributed by atoms with Crippen LogP contribution in [0.5, 0.6) is 0 Å². The number of carboxylic acids is 1. The molecule has 1 aromatic heterocycles. The SMILES string of the molecule is Cn1c(=O)ccn([C@@H]2O[C@H](COC(C(=O)O)P(=O)(O)O)[C@@H](O)[C@H]2O)c1=O. The number of aromatic nitrogens is 2. The fraction of sp³-hybridized carbons (Fsp3) is 0.583. The maximum atomic E-state index is 12.1. The Kier molecular flexibility index (Phi) is 5.82. The molecule has 1 aliphatic heterocycles. The van der Waals surface area contributed by atoms with Crippen molar-refractivity contribution >= 4 is 13.6 Å². The molecule has 1 aromatic rings. The highest BCUT2D eigenvalue weighted by Crippen LogP contribution is 2.42. The number of aliphatic hydroxyl groups excluding tert-OH is 2. The molecule has 5 N–H and O–H groups in total. The van der Waals surface area contributed by atoms with Crippen LogP contribution < -0.4 is 11.2 Å². The molecule has 146 valence electrons. The lowest BCUT2D eigenvalue weighted by molar-refractivity contribution is -0.149. The molecule has 1 fully saturated rings. The van der Waals surface area contributed by atoms with E-state index in [1.807, 2.05) is 0 Å². The maximum absolute atomic E-state index is 12.1. The summed E-state index contributed by atoms with van der Waals surface area (Å²) < 4.78 is 22.6. The van der Waals surface area contributed by atoms with E-state index in [0.717, 1.165) is 21.4 Å². The normalized spacial score (nSPS) is 27.4. The second-order valence-electron chi connectivity index (χ2n) is 5.56. The van der Waals surface area contributed by atoms with Crippen LogP contribution in [0.25, 0.3) is 0 Å². The zero-order chi connectivity index (χ0) is 19.8. The minimum absolute atomic E-state index is 0.606. The van der Waals surface area contributed by atoms with Crippen molar-refractivity contribution in [3.05, 3.63) is 33.1 Å². The van der Waals surface area contributed by atoms with Crippen molar-refractivity contribution in [1.82, 2.24) is 9.13 Å². The molecule has 14 heteroatoms. The lowest BCUT2D eigenvalue weighted by atomic mass is 10.1. The zero-order valence-corrected chi connectivity index (χ0v) is 14.2. The second-order valence-corrected chi connectivity index (χ2v) is 7.21. The van der Waals surface area contributed by atoms with E-state index in [-0.39, 0.29) is 0 Å². The third kappa shape index (κ3) is 3.94. The van der Waals surface area contributed by atoms with Gasteiger partial charge in [0.05, 0.1) is 6.61 Å². The molecule has 2 rings (SSSR count). The highest BCUT2D eigenvalue weighted by Gasteiger charge is 2.46. The fourth-order valence-electron chi connectivity index (χ4n) is 2.38. The summed E-state index contributed by atoms with van der Waals surface area (Å²) in [5.74, 6) is -4.40. The molecule has 2 heterocycles. The Labute approximate surface area is 144 Å². The largest absolute Gasteiger partial charge is 0.479 e. The van der Waals surface area contributed by atoms with E-state index in [0.29, 0.717) is 0 Å². The minimum Gasteiger partial charge on any atom is -0.479 e. The molecule has 0 bridgehead atoms. The van der Waals surface area contributed by atoms with Crippen LogP contribution in [0.3, 0.4) is 0 Å². The number of ether oxygens (including phenoxy) is 2. The van der Waals surface area contributed by atoms with E-state index < -0.39 is 61.8 Å². The molecule has 0 radical (unpaired) electrons. The van der Waals surface area contributed by atoms with E-state index in [4.69, 9.17) is 19.6 Å². The number of hydrogen-bond donors (Lipinski definition) is 5. The van der Waals surface area contributed by atoms with E-state index >= 15 is 0 Å². The summed E-state index contributed by atoms with van der Waals surface area (Å²) in [5, 5.41) is 28.8. The summed E-state index contributed by atoms with van der Waals surface area (Å²) in [5.41, 5.74) is -1.45. The van der Waals surface area contributed by atoms with Crippen molar-refractivity contribution in [2.75, 3.05) is 6.61 Å². The highest BCUT2D eigenvalue weighted by molar-refractivity contribution is 7.53. The molecule has 1 aliphatic rings. The first-order valence-corrected chi connectivity index (χ1v) is 8.82. The van der Waals surface area contributed by atoms with Gasteiger partial charge in [-0.2, -0.15) is 0 Å². The molecule has 5 atom stereocenters. The third-order valence-electron chi connectivity index (χ3n) is 3.76. The van der Waals surface area contributed by atoms with Crippen LogP contribution in [0, 0.1) is 0 Å². The molecule has 0 saturated carbocycles. The highest BCUT2D eigenvalue weighted by atomic mass is 31.2. The second kappa shape index (κ2) is 7.40. The molecular weight excluding hydrogens is 379 g/mol. The number of rotatable bonds is 6. The Morgan fingerprint density at radius 1 is 1.35 bits per heavy atom. The van der Waals surface area contributed by atoms with Gasteiger partial charge in [-0.1, -0.05) is 0 Å². The number of aliphatic hydroxyl groups is 2. The van der Waals surface area contributed by atoms with Crippen molar-refractivity contribution in [2.45, 2.75) is 30.4 Å². The van der Waals surface area contributed by atoms with Crippen LogP contribution in [-0.4, -0.2) is 71.0 Å². The molecule has 0 amide bonds. The fourth-order valence-corrected chi connectivity index (χ4v) is 2.94. The molecule has 1 unspecified atom stereocenters. The van der Waals surface area contributed by atoms with Crippen molar-refractivity contribution in [2.24, 2.45) is 7.05 Å². The van der Waals surface area contributed by atoms with Crippen LogP contribution in [0.2, 0.25) is 0 Å². The molecule has 26 heavy (non-hydrogen) atoms. The van der Waals surface area contributed by atoms with Crippen LogP contribution in [0.4, 0.5) is 0 Å². The summed E-state index contributed by atoms with van der Waals surface area (Å²) in [6.07, 6.45) is -5.04. The monoisotopic (exact) mass is 396 g/mol. The Morgan fingerprint density at radius 2 is 1.96 bits per heavy atom. The average molecular weight is 396 g/mol. The Hall–Kier alpha value is -1.86. The summed E-state index contributed by atoms with van der Waals surface area (Å²) in [4.78, 5) is 52.2. The van der Waals surface area contributed by atoms with Gasteiger partial charge in [0.25, 0.3) is 11.4 Å². The quantitative estimate of drug-likeness (QED) is 0.303. The van der Waals surface area contributed by atoms with E-state index in [2.05, 4.69) is 4.74 Å². The van der Waals surface area contributed by atoms with Crippen LogP contribution in [0.1, 0.15) is 6.23 Å². The van der Waals surface area contributed by atoms with Gasteiger partial charge < -0.3 is 34.6 Å². The summed E-state index contributed by atoms with van der Waals surface area (Å²) in [7, 11) is -3.94. The van der Waals surface area contributed by atoms with Crippen LogP contribution in [-0.2, 0) is 25.9 Å². The van der Waals surface area contributed by atoms with Gasteiger partial charge in [0.2, 0.25) is 0 Å². The Balaban J connectivity index is 2.19. The van der Waals surface area contributed by atoms with Crippen LogP contribution >= 0.6 is 7.60 Å². The molecule has 13 nitrogen and oxygen atoms in total. The van der Waals surface area contributed by atoms with Crippen LogP contribution in [0.15, 0.2) is 21.9 Å². The van der Waals surface area contributed by atoms with Crippen molar-refractivity contribution in [3.63, 3.8) is 0 Å². The van der Waals surface area contributed by atoms with E-state index in [1.165, 1.54) is 7.05 Å². The Bertz CT molecular complexity index is 842. The predicted octanol–water partition coefficient (Wildman–Crippen LogP) is -3.23. The van der Waals surface area contributed by atoms with Crippen molar-refractivity contribution in [3.8, 4) is 0 Å². The molecule has 0 aliphatic carbocycles. The standard InChI is InChI=1S/C12H17N2O11P/c1-13-6(15)2-3-14(12(13)20)9-8(17)7(16)5(25-9)4-24-11(10(18)19)26(21,22)23/h2-3,5,7-9,11,16-17H,4H2,1H3,(H,18,19)(H2,21,22,23)/t5-,7-,8-,9-,11?/m1/s1. The number of hydrogen-bond acceptors (Lipinski definition) is 8. The van der Waals surface area contributed by atoms with Gasteiger partial charge in [-0.15, -0.1) is 0 Å². The summed E-state index contributed by atoms with van der Waals surface area (Å²) in [6.45, 7) is -0.780. The summed E-state index contributed by atoms with van der Waals surface area (Å²) >= 11 is 0. The van der Waals surface area contributed by atoms with Gasteiger partial charge in [0.1, 0.15) is 18.3 Å². The van der Waals surface area contributed by atoms with Crippen molar-refractivity contribution in [1.29, 1.82) is 0 Å². The van der Waals surface area contributed by atoms with E-state index in [1.54, 1.807) is 0 Å². The minimum atomic E-state index is -5.13. The zero-order valence-electron chi connectivity index (χ0n) is 13.3. The number of carbonyl (C=O) groups is 1. The Morgan fingerprint density at radius 3 is 2.50 bits per heavy atom. The van der Waals surface area contributed by atoms with E-state index in [9.17, 15) is 29.2 Å². The predicted molar refractivity (Wildman–Crippen MR) is 81.3 cm³/mol. The first-order valence-electron chi connectivity index (χ1n) is 7.14. The van der Waals surface area contributed by atoms with Gasteiger partial charge in [0.15, 0.2) is 6.23 Å². The molecule has 0 aromatic carbocycles. The number of nitrogens with zero attached hydrogens (tertiary/aromatic N) is 2. The number of carboxylic acid groups (broad SMARTS) is 1. The number of aliphatic carboxylic acids is 1. The smallest absolute Gasteiger partial charge is 0.365 e. The van der Waals surface area contributed by atoms with Gasteiger partial charge in [-0.05, 0) is 0 Å². The van der Waals surface area contributed by atoms with Gasteiger partial charge in [-0.25, -0.2) is 9.59 Å². The van der Waals surface area contributed by atoms with Gasteiger partial charge in [-0.3, -0.25) is 18.5 Å². The molecule has 1 saturated heterocycles. The maximum Gasteiger partial charge on any atom is 0.365 e. The average Bonchev–Trinajstić information content (AvgIpc) is 2.80. The van der Waals surface area contributed by atoms with Crippen molar-refractivity contribution < 1.29 is 43.9 Å². The first kappa shape index (κ1) is 20.5. The van der Waals surface area contributed by atoms with Gasteiger partial charge in [0, 0.05) is 19.3 Å². The molecular formula is C12H17N2O11P. The summed E-state index contributed by atoms with van der Waals surface area (Å²) in [6, 6.07) is 1.03. The lowest BCUT2D eigenvalue weighted by Crippen LogP contribution is -2.41. The molecule has 0 spiro atoms. The lowest BCUT2D eigenvalue weighted by Gasteiger charge is -2.19. The van der Waals surface area contributed by atoms with Gasteiger partial charge >= 0.3 is 19.3 Å².